The first-order valence-corrected chi connectivity index (χ1v) is 6.02. The number of hydrogen-bond acceptors (Lipinski definition) is 2. The molecule has 0 aliphatic rings. The van der Waals surface area contributed by atoms with Crippen molar-refractivity contribution in [1.82, 2.24) is 0 Å². The van der Waals surface area contributed by atoms with E-state index in [0.717, 1.165) is 17.1 Å². The minimum atomic E-state index is 1.01. The van der Waals surface area contributed by atoms with Crippen LogP contribution >= 0.6 is 11.8 Å². The van der Waals surface area contributed by atoms with Crippen LogP contribution in [-0.2, 0) is 5.75 Å². The molecule has 0 aliphatic carbocycles. The molecule has 2 aromatic rings. The van der Waals surface area contributed by atoms with Crippen molar-refractivity contribution in [3.05, 3.63) is 35.6 Å². The average molecular weight is 206 g/mol. The smallest absolute Gasteiger partial charge is 0.134 e. The summed E-state index contributed by atoms with van der Waals surface area (Å²) in [6, 6.07) is 6.21. The van der Waals surface area contributed by atoms with Crippen LogP contribution < -0.4 is 0 Å². The molecule has 0 bridgehead atoms. The van der Waals surface area contributed by atoms with E-state index in [2.05, 4.69) is 19.9 Å². The van der Waals surface area contributed by atoms with Crippen molar-refractivity contribution < 1.29 is 4.42 Å². The molecule has 0 saturated heterocycles. The zero-order valence-corrected chi connectivity index (χ0v) is 9.36. The van der Waals surface area contributed by atoms with Crippen LogP contribution in [0.5, 0.6) is 0 Å². The van der Waals surface area contributed by atoms with Crippen LogP contribution in [-0.4, -0.2) is 5.75 Å². The molecule has 2 heteroatoms. The molecule has 1 nitrogen and oxygen atoms in total. The Labute approximate surface area is 88.5 Å². The van der Waals surface area contributed by atoms with E-state index in [9.17, 15) is 0 Å². The number of thioether (sulfide) groups is 1. The second kappa shape index (κ2) is 4.09. The Morgan fingerprint density at radius 1 is 1.36 bits per heavy atom. The third-order valence-electron chi connectivity index (χ3n) is 2.35. The van der Waals surface area contributed by atoms with Gasteiger partial charge in [0.25, 0.3) is 0 Å². The van der Waals surface area contributed by atoms with Gasteiger partial charge in [0.05, 0.1) is 6.26 Å². The second-order valence-electron chi connectivity index (χ2n) is 3.35. The lowest BCUT2D eigenvalue weighted by atomic mass is 10.1. The molecule has 1 aromatic heterocycles. The standard InChI is InChI=1S/C12H14OS/c1-3-14-8-10-7-13-11-6-4-5-9(2)12(10)11/h4-7H,3,8H2,1-2H3. The first-order valence-electron chi connectivity index (χ1n) is 4.86. The van der Waals surface area contributed by atoms with E-state index >= 15 is 0 Å². The predicted octanol–water partition coefficient (Wildman–Crippen LogP) is 3.99. The minimum Gasteiger partial charge on any atom is -0.464 e. The Morgan fingerprint density at radius 3 is 3.00 bits per heavy atom. The molecule has 0 amide bonds. The molecule has 0 unspecified atom stereocenters. The van der Waals surface area contributed by atoms with E-state index in [4.69, 9.17) is 4.42 Å². The summed E-state index contributed by atoms with van der Waals surface area (Å²) in [5.41, 5.74) is 3.64. The maximum absolute atomic E-state index is 5.51. The van der Waals surface area contributed by atoms with Gasteiger partial charge in [-0.3, -0.25) is 0 Å². The monoisotopic (exact) mass is 206 g/mol. The van der Waals surface area contributed by atoms with Gasteiger partial charge in [-0.1, -0.05) is 19.1 Å². The van der Waals surface area contributed by atoms with Crippen LogP contribution in [0.3, 0.4) is 0 Å². The van der Waals surface area contributed by atoms with E-state index in [1.807, 2.05) is 30.2 Å². The van der Waals surface area contributed by atoms with Crippen molar-refractivity contribution >= 4 is 22.7 Å². The van der Waals surface area contributed by atoms with Crippen molar-refractivity contribution in [3.8, 4) is 0 Å². The summed E-state index contributed by atoms with van der Waals surface area (Å²) in [5.74, 6) is 2.20. The molecule has 1 heterocycles. The van der Waals surface area contributed by atoms with Crippen LogP contribution in [0.2, 0.25) is 0 Å². The molecule has 0 saturated carbocycles. The highest BCUT2D eigenvalue weighted by Gasteiger charge is 2.06. The second-order valence-corrected chi connectivity index (χ2v) is 4.62. The maximum Gasteiger partial charge on any atom is 0.134 e. The van der Waals surface area contributed by atoms with Crippen molar-refractivity contribution in [3.63, 3.8) is 0 Å². The summed E-state index contributed by atoms with van der Waals surface area (Å²) in [7, 11) is 0. The average Bonchev–Trinajstić information content (AvgIpc) is 2.59. The molecule has 0 aliphatic heterocycles. The highest BCUT2D eigenvalue weighted by molar-refractivity contribution is 7.98. The van der Waals surface area contributed by atoms with Gasteiger partial charge in [0.2, 0.25) is 0 Å². The molecule has 0 atom stereocenters. The summed E-state index contributed by atoms with van der Waals surface area (Å²) in [6.07, 6.45) is 1.89. The van der Waals surface area contributed by atoms with Gasteiger partial charge in [-0.05, 0) is 24.3 Å². The van der Waals surface area contributed by atoms with Gasteiger partial charge >= 0.3 is 0 Å². The number of furan rings is 1. The lowest BCUT2D eigenvalue weighted by Crippen LogP contribution is -1.81. The molecule has 74 valence electrons. The largest absolute Gasteiger partial charge is 0.464 e. The molecule has 0 fully saturated rings. The highest BCUT2D eigenvalue weighted by atomic mass is 32.2. The lowest BCUT2D eigenvalue weighted by molar-refractivity contribution is 0.612. The van der Waals surface area contributed by atoms with E-state index in [1.165, 1.54) is 16.5 Å². The number of hydrogen-bond donors (Lipinski definition) is 0. The summed E-state index contributed by atoms with van der Waals surface area (Å²) < 4.78 is 5.51. The van der Waals surface area contributed by atoms with E-state index in [0.29, 0.717) is 0 Å². The Balaban J connectivity index is 2.45. The van der Waals surface area contributed by atoms with Gasteiger partial charge in [-0.25, -0.2) is 0 Å². The van der Waals surface area contributed by atoms with Crippen molar-refractivity contribution in [2.45, 2.75) is 19.6 Å². The van der Waals surface area contributed by atoms with E-state index < -0.39 is 0 Å². The van der Waals surface area contributed by atoms with Gasteiger partial charge in [-0.2, -0.15) is 11.8 Å². The van der Waals surface area contributed by atoms with Crippen molar-refractivity contribution in [2.24, 2.45) is 0 Å². The number of aryl methyl sites for hydroxylation is 1. The van der Waals surface area contributed by atoms with E-state index in [1.54, 1.807) is 0 Å². The Hall–Kier alpha value is -0.890. The molecule has 0 spiro atoms. The van der Waals surface area contributed by atoms with Crippen molar-refractivity contribution in [2.75, 3.05) is 5.75 Å². The fourth-order valence-electron chi connectivity index (χ4n) is 1.66. The lowest BCUT2D eigenvalue weighted by Gasteiger charge is -1.98. The summed E-state index contributed by atoms with van der Waals surface area (Å²) >= 11 is 1.93. The van der Waals surface area contributed by atoms with Crippen LogP contribution in [0.15, 0.2) is 28.9 Å². The van der Waals surface area contributed by atoms with Crippen molar-refractivity contribution in [1.29, 1.82) is 0 Å². The fraction of sp³-hybridized carbons (Fsp3) is 0.333. The van der Waals surface area contributed by atoms with Gasteiger partial charge in [0.15, 0.2) is 0 Å². The maximum atomic E-state index is 5.51. The van der Waals surface area contributed by atoms with Crippen LogP contribution in [0.4, 0.5) is 0 Å². The third kappa shape index (κ3) is 1.67. The number of rotatable bonds is 3. The Bertz CT molecular complexity index is 431. The Kier molecular flexibility index (Phi) is 2.82. The van der Waals surface area contributed by atoms with Gasteiger partial charge in [0.1, 0.15) is 5.58 Å². The van der Waals surface area contributed by atoms with Crippen LogP contribution in [0.1, 0.15) is 18.1 Å². The van der Waals surface area contributed by atoms with E-state index in [-0.39, 0.29) is 0 Å². The topological polar surface area (TPSA) is 13.1 Å². The first kappa shape index (κ1) is 9.66. The summed E-state index contributed by atoms with van der Waals surface area (Å²) in [6.45, 7) is 4.32. The SMILES string of the molecule is CCSCc1coc2cccc(C)c12. The van der Waals surface area contributed by atoms with Crippen LogP contribution in [0.25, 0.3) is 11.0 Å². The van der Waals surface area contributed by atoms with Crippen LogP contribution in [0, 0.1) is 6.92 Å². The molecule has 14 heavy (non-hydrogen) atoms. The third-order valence-corrected chi connectivity index (χ3v) is 3.27. The zero-order valence-electron chi connectivity index (χ0n) is 8.54. The summed E-state index contributed by atoms with van der Waals surface area (Å²) in [5, 5.41) is 1.30. The molecular formula is C12H14OS. The molecule has 0 N–H and O–H groups in total. The van der Waals surface area contributed by atoms with Gasteiger partial charge < -0.3 is 4.42 Å². The molecule has 0 radical (unpaired) electrons. The molecular weight excluding hydrogens is 192 g/mol. The number of fused-ring (bicyclic) bond motifs is 1. The quantitative estimate of drug-likeness (QED) is 0.753. The summed E-state index contributed by atoms with van der Waals surface area (Å²) in [4.78, 5) is 0. The van der Waals surface area contributed by atoms with Gasteiger partial charge in [0, 0.05) is 16.7 Å². The molecule has 2 rings (SSSR count). The first-order chi connectivity index (χ1) is 6.83. The molecule has 1 aromatic carbocycles. The zero-order chi connectivity index (χ0) is 9.97. The fourth-order valence-corrected chi connectivity index (χ4v) is 2.30. The Morgan fingerprint density at radius 2 is 2.21 bits per heavy atom. The van der Waals surface area contributed by atoms with Gasteiger partial charge in [-0.15, -0.1) is 0 Å². The predicted molar refractivity (Wildman–Crippen MR) is 62.8 cm³/mol. The highest BCUT2D eigenvalue weighted by Crippen LogP contribution is 2.27. The normalized spacial score (nSPS) is 11.0. The number of benzene rings is 1. The minimum absolute atomic E-state index is 1.01.